The Bertz CT molecular complexity index is 416. The zero-order chi connectivity index (χ0) is 12.3. The second-order valence-corrected chi connectivity index (χ2v) is 4.78. The van der Waals surface area contributed by atoms with Gasteiger partial charge in [0.25, 0.3) is 5.91 Å². The highest BCUT2D eigenvalue weighted by Crippen LogP contribution is 2.45. The lowest BCUT2D eigenvalue weighted by molar-refractivity contribution is 0.0943. The maximum Gasteiger partial charge on any atom is 0.255 e. The third-order valence-corrected chi connectivity index (χ3v) is 3.78. The van der Waals surface area contributed by atoms with Crippen LogP contribution in [0.1, 0.15) is 23.2 Å². The molecule has 0 saturated heterocycles. The number of para-hydroxylation sites is 1. The molecule has 1 aromatic carbocycles. The van der Waals surface area contributed by atoms with Crippen LogP contribution in [0.2, 0.25) is 0 Å². The third kappa shape index (κ3) is 2.72. The van der Waals surface area contributed by atoms with E-state index >= 15 is 0 Å². The summed E-state index contributed by atoms with van der Waals surface area (Å²) in [6, 6.07) is 7.21. The van der Waals surface area contributed by atoms with Crippen molar-refractivity contribution in [2.24, 2.45) is 5.41 Å². The second kappa shape index (κ2) is 4.96. The Morgan fingerprint density at radius 2 is 2.18 bits per heavy atom. The van der Waals surface area contributed by atoms with Gasteiger partial charge in [-0.3, -0.25) is 4.79 Å². The molecule has 17 heavy (non-hydrogen) atoms. The summed E-state index contributed by atoms with van der Waals surface area (Å²) in [7, 11) is 1.56. The first kappa shape index (κ1) is 12.2. The molecular weight excluding hydrogens is 238 g/mol. The van der Waals surface area contributed by atoms with Gasteiger partial charge in [-0.05, 0) is 25.0 Å². The summed E-state index contributed by atoms with van der Waals surface area (Å²) in [6.45, 7) is 0.646. The van der Waals surface area contributed by atoms with Gasteiger partial charge in [0.05, 0.1) is 12.7 Å². The quantitative estimate of drug-likeness (QED) is 0.819. The Morgan fingerprint density at radius 1 is 1.47 bits per heavy atom. The van der Waals surface area contributed by atoms with Crippen molar-refractivity contribution in [2.75, 3.05) is 19.5 Å². The van der Waals surface area contributed by atoms with E-state index in [1.165, 1.54) is 0 Å². The highest BCUT2D eigenvalue weighted by atomic mass is 35.5. The molecule has 1 aromatic rings. The van der Waals surface area contributed by atoms with Crippen LogP contribution in [0.25, 0.3) is 0 Å². The van der Waals surface area contributed by atoms with E-state index in [1.54, 1.807) is 19.2 Å². The van der Waals surface area contributed by atoms with Gasteiger partial charge < -0.3 is 10.1 Å². The first-order valence-electron chi connectivity index (χ1n) is 5.68. The maximum atomic E-state index is 12.0. The summed E-state index contributed by atoms with van der Waals surface area (Å²) in [5.74, 6) is 1.11. The molecule has 92 valence electrons. The molecule has 4 heteroatoms. The van der Waals surface area contributed by atoms with E-state index < -0.39 is 0 Å². The van der Waals surface area contributed by atoms with Crippen LogP contribution in [0.3, 0.4) is 0 Å². The lowest BCUT2D eigenvalue weighted by atomic mass is 10.1. The lowest BCUT2D eigenvalue weighted by Crippen LogP contribution is -2.31. The lowest BCUT2D eigenvalue weighted by Gasteiger charge is -2.13. The van der Waals surface area contributed by atoms with Crippen LogP contribution < -0.4 is 10.1 Å². The Labute approximate surface area is 106 Å². The van der Waals surface area contributed by atoms with Crippen molar-refractivity contribution in [1.29, 1.82) is 0 Å². The van der Waals surface area contributed by atoms with E-state index in [2.05, 4.69) is 5.32 Å². The molecule has 0 atom stereocenters. The van der Waals surface area contributed by atoms with Gasteiger partial charge in [-0.2, -0.15) is 0 Å². The molecule has 0 spiro atoms. The molecule has 3 nitrogen and oxygen atoms in total. The summed E-state index contributed by atoms with van der Waals surface area (Å²) in [5.41, 5.74) is 0.708. The summed E-state index contributed by atoms with van der Waals surface area (Å²) in [5, 5.41) is 2.92. The van der Waals surface area contributed by atoms with Gasteiger partial charge in [0.1, 0.15) is 5.75 Å². The summed E-state index contributed by atoms with van der Waals surface area (Å²) < 4.78 is 5.15. The predicted molar refractivity (Wildman–Crippen MR) is 67.7 cm³/mol. The minimum absolute atomic E-state index is 0.0983. The number of hydrogen-bond donors (Lipinski definition) is 1. The van der Waals surface area contributed by atoms with Crippen molar-refractivity contribution in [1.82, 2.24) is 5.32 Å². The van der Waals surface area contributed by atoms with E-state index in [0.717, 1.165) is 12.8 Å². The Hall–Kier alpha value is -1.22. The number of hydrogen-bond acceptors (Lipinski definition) is 2. The van der Waals surface area contributed by atoms with Gasteiger partial charge in [0, 0.05) is 17.8 Å². The molecule has 1 fully saturated rings. The third-order valence-electron chi connectivity index (χ3n) is 3.22. The highest BCUT2D eigenvalue weighted by Gasteiger charge is 2.41. The number of halogens is 1. The van der Waals surface area contributed by atoms with Crippen LogP contribution in [0.5, 0.6) is 5.75 Å². The van der Waals surface area contributed by atoms with Gasteiger partial charge in [-0.1, -0.05) is 12.1 Å². The number of carbonyl (C=O) groups excluding carboxylic acids is 1. The van der Waals surface area contributed by atoms with Gasteiger partial charge in [0.15, 0.2) is 0 Å². The van der Waals surface area contributed by atoms with Gasteiger partial charge in [-0.15, -0.1) is 11.6 Å². The van der Waals surface area contributed by atoms with Gasteiger partial charge in [0.2, 0.25) is 0 Å². The van der Waals surface area contributed by atoms with E-state index in [1.807, 2.05) is 12.1 Å². The van der Waals surface area contributed by atoms with E-state index in [-0.39, 0.29) is 11.3 Å². The average molecular weight is 254 g/mol. The molecular formula is C13H16ClNO2. The van der Waals surface area contributed by atoms with Crippen molar-refractivity contribution >= 4 is 17.5 Å². The number of benzene rings is 1. The molecule has 1 aliphatic carbocycles. The molecule has 0 radical (unpaired) electrons. The highest BCUT2D eigenvalue weighted by molar-refractivity contribution is 6.18. The SMILES string of the molecule is COc1ccccc1C(=O)NCC1(CCl)CC1. The number of rotatable bonds is 5. The van der Waals surface area contributed by atoms with Crippen molar-refractivity contribution in [3.8, 4) is 5.75 Å². The van der Waals surface area contributed by atoms with Crippen LogP contribution in [0.4, 0.5) is 0 Å². The maximum absolute atomic E-state index is 12.0. The second-order valence-electron chi connectivity index (χ2n) is 4.52. The van der Waals surface area contributed by atoms with Crippen molar-refractivity contribution in [3.63, 3.8) is 0 Å². The minimum Gasteiger partial charge on any atom is -0.496 e. The molecule has 1 N–H and O–H groups in total. The number of carbonyl (C=O) groups is 1. The standard InChI is InChI=1S/C13H16ClNO2/c1-17-11-5-3-2-4-10(11)12(16)15-9-13(8-14)6-7-13/h2-5H,6-9H2,1H3,(H,15,16). The fraction of sp³-hybridized carbons (Fsp3) is 0.462. The molecule has 0 aromatic heterocycles. The van der Waals surface area contributed by atoms with Gasteiger partial charge >= 0.3 is 0 Å². The molecule has 1 saturated carbocycles. The van der Waals surface area contributed by atoms with Crippen LogP contribution in [-0.4, -0.2) is 25.4 Å². The molecule has 0 aliphatic heterocycles. The van der Waals surface area contributed by atoms with E-state index in [9.17, 15) is 4.79 Å². The number of ether oxygens (including phenoxy) is 1. The molecule has 0 bridgehead atoms. The van der Waals surface area contributed by atoms with E-state index in [0.29, 0.717) is 23.7 Å². The number of nitrogens with one attached hydrogen (secondary N) is 1. The summed E-state index contributed by atoms with van der Waals surface area (Å²) in [4.78, 5) is 12.0. The van der Waals surface area contributed by atoms with Crippen LogP contribution in [0, 0.1) is 5.41 Å². The first-order valence-corrected chi connectivity index (χ1v) is 6.21. The molecule has 0 heterocycles. The molecule has 2 rings (SSSR count). The number of amides is 1. The number of alkyl halides is 1. The Kier molecular flexibility index (Phi) is 3.57. The smallest absolute Gasteiger partial charge is 0.255 e. The topological polar surface area (TPSA) is 38.3 Å². The Morgan fingerprint density at radius 3 is 2.76 bits per heavy atom. The van der Waals surface area contributed by atoms with Crippen LogP contribution in [0.15, 0.2) is 24.3 Å². The average Bonchev–Trinajstić information content (AvgIpc) is 3.16. The molecule has 1 aliphatic rings. The summed E-state index contributed by atoms with van der Waals surface area (Å²) in [6.07, 6.45) is 2.20. The zero-order valence-electron chi connectivity index (χ0n) is 9.83. The summed E-state index contributed by atoms with van der Waals surface area (Å²) >= 11 is 5.87. The van der Waals surface area contributed by atoms with E-state index in [4.69, 9.17) is 16.3 Å². The minimum atomic E-state index is -0.0983. The van der Waals surface area contributed by atoms with Crippen molar-refractivity contribution < 1.29 is 9.53 Å². The fourth-order valence-electron chi connectivity index (χ4n) is 1.73. The fourth-order valence-corrected chi connectivity index (χ4v) is 2.09. The Balaban J connectivity index is 1.99. The predicted octanol–water partition coefficient (Wildman–Crippen LogP) is 2.44. The number of methoxy groups -OCH3 is 1. The zero-order valence-corrected chi connectivity index (χ0v) is 10.6. The first-order chi connectivity index (χ1) is 8.21. The van der Waals surface area contributed by atoms with Crippen molar-refractivity contribution in [3.05, 3.63) is 29.8 Å². The normalized spacial score (nSPS) is 16.4. The molecule has 1 amide bonds. The van der Waals surface area contributed by atoms with Crippen LogP contribution >= 0.6 is 11.6 Å². The van der Waals surface area contributed by atoms with Crippen LogP contribution in [-0.2, 0) is 0 Å². The monoisotopic (exact) mass is 253 g/mol. The van der Waals surface area contributed by atoms with Crippen molar-refractivity contribution in [2.45, 2.75) is 12.8 Å². The molecule has 0 unspecified atom stereocenters. The largest absolute Gasteiger partial charge is 0.496 e. The van der Waals surface area contributed by atoms with Gasteiger partial charge in [-0.25, -0.2) is 0 Å².